The van der Waals surface area contributed by atoms with Crippen LogP contribution in [0.3, 0.4) is 0 Å². The summed E-state index contributed by atoms with van der Waals surface area (Å²) in [4.78, 5) is 16.3. The van der Waals surface area contributed by atoms with E-state index < -0.39 is 11.7 Å². The molecule has 0 saturated heterocycles. The number of ether oxygens (including phenoxy) is 2. The van der Waals surface area contributed by atoms with Gasteiger partial charge in [0.1, 0.15) is 5.75 Å². The Balaban J connectivity index is 0.00000600. The zero-order valence-electron chi connectivity index (χ0n) is 26.6. The molecule has 10 heteroatoms. The number of hydrogen-bond donors (Lipinski definition) is 0. The molecule has 0 bridgehead atoms. The maximum atomic E-state index is 13.7. The van der Waals surface area contributed by atoms with Gasteiger partial charge < -0.3 is 14.4 Å². The van der Waals surface area contributed by atoms with Crippen LogP contribution in [0, 0.1) is 0 Å². The molecule has 0 spiro atoms. The Hall–Kier alpha value is -3.56. The highest BCUT2D eigenvalue weighted by Crippen LogP contribution is 2.37. The average molecular weight is 690 g/mol. The third kappa shape index (κ3) is 11.6. The molecule has 0 unspecified atom stereocenters. The van der Waals surface area contributed by atoms with E-state index in [0.717, 1.165) is 22.8 Å². The Labute approximate surface area is 286 Å². The van der Waals surface area contributed by atoms with E-state index >= 15 is 0 Å². The molecule has 0 aromatic heterocycles. The molecule has 0 aliphatic heterocycles. The lowest BCUT2D eigenvalue weighted by molar-refractivity contribution is -0.137. The van der Waals surface area contributed by atoms with Gasteiger partial charge >= 0.3 is 6.18 Å². The van der Waals surface area contributed by atoms with E-state index in [1.165, 1.54) is 6.07 Å². The van der Waals surface area contributed by atoms with Crippen molar-refractivity contribution in [2.24, 2.45) is 0 Å². The Morgan fingerprint density at radius 3 is 2.11 bits per heavy atom. The number of alkyl halides is 3. The van der Waals surface area contributed by atoms with Gasteiger partial charge in [0.2, 0.25) is 5.91 Å². The van der Waals surface area contributed by atoms with Crippen molar-refractivity contribution in [2.45, 2.75) is 31.5 Å². The second kappa shape index (κ2) is 18.7. The van der Waals surface area contributed by atoms with E-state index in [1.807, 2.05) is 60.7 Å². The summed E-state index contributed by atoms with van der Waals surface area (Å²) in [6.45, 7) is 2.75. The first-order valence-electron chi connectivity index (χ1n) is 15.3. The third-order valence-corrected chi connectivity index (χ3v) is 8.27. The Morgan fingerprint density at radius 1 is 0.851 bits per heavy atom. The summed E-state index contributed by atoms with van der Waals surface area (Å²) < 4.78 is 52.2. The van der Waals surface area contributed by atoms with Crippen LogP contribution >= 0.6 is 24.0 Å². The molecule has 0 aliphatic carbocycles. The minimum atomic E-state index is -4.54. The van der Waals surface area contributed by atoms with Crippen molar-refractivity contribution in [1.29, 1.82) is 0 Å². The van der Waals surface area contributed by atoms with Crippen LogP contribution in [0.5, 0.6) is 5.75 Å². The first kappa shape index (κ1) is 37.9. The Morgan fingerprint density at radius 2 is 1.49 bits per heavy atom. The van der Waals surface area contributed by atoms with Crippen LogP contribution in [-0.4, -0.2) is 62.7 Å². The molecule has 0 radical (unpaired) electrons. The second-order valence-electron chi connectivity index (χ2n) is 11.2. The maximum Gasteiger partial charge on any atom is 0.417 e. The van der Waals surface area contributed by atoms with Gasteiger partial charge in [-0.2, -0.15) is 13.2 Å². The van der Waals surface area contributed by atoms with Crippen LogP contribution in [0.25, 0.3) is 0 Å². The van der Waals surface area contributed by atoms with Gasteiger partial charge in [-0.15, -0.1) is 12.4 Å². The first-order valence-corrected chi connectivity index (χ1v) is 15.6. The van der Waals surface area contributed by atoms with Gasteiger partial charge in [-0.3, -0.25) is 9.69 Å². The van der Waals surface area contributed by atoms with Crippen molar-refractivity contribution in [3.63, 3.8) is 0 Å². The normalized spacial score (nSPS) is 11.4. The fraction of sp³-hybridized carbons (Fsp3) is 0.324. The van der Waals surface area contributed by atoms with E-state index in [1.54, 1.807) is 25.1 Å². The fourth-order valence-corrected chi connectivity index (χ4v) is 5.61. The van der Waals surface area contributed by atoms with Crippen molar-refractivity contribution in [2.75, 3.05) is 47.0 Å². The van der Waals surface area contributed by atoms with Gasteiger partial charge in [-0.1, -0.05) is 96.5 Å². The zero-order valence-corrected chi connectivity index (χ0v) is 28.2. The molecular formula is C37H41Cl2F3N2O3. The van der Waals surface area contributed by atoms with Crippen LogP contribution in [0.15, 0.2) is 103 Å². The van der Waals surface area contributed by atoms with Crippen LogP contribution in [0.4, 0.5) is 13.2 Å². The highest BCUT2D eigenvalue weighted by atomic mass is 35.5. The molecule has 0 saturated carbocycles. The quantitative estimate of drug-likeness (QED) is 0.111. The molecule has 0 heterocycles. The summed E-state index contributed by atoms with van der Waals surface area (Å²) in [6, 6.07) is 31.7. The number of carbonyl (C=O) groups is 1. The first-order chi connectivity index (χ1) is 22.2. The summed E-state index contributed by atoms with van der Waals surface area (Å²) >= 11 is 6.34. The topological polar surface area (TPSA) is 42.0 Å². The zero-order chi connectivity index (χ0) is 32.9. The number of benzene rings is 4. The summed E-state index contributed by atoms with van der Waals surface area (Å²) in [5, 5.41) is -0.272. The lowest BCUT2D eigenvalue weighted by atomic mass is 9.90. The summed E-state index contributed by atoms with van der Waals surface area (Å²) in [7, 11) is 3.35. The van der Waals surface area contributed by atoms with E-state index in [9.17, 15) is 18.0 Å². The van der Waals surface area contributed by atoms with Gasteiger partial charge in [-0.05, 0) is 46.9 Å². The van der Waals surface area contributed by atoms with Crippen molar-refractivity contribution >= 4 is 29.9 Å². The van der Waals surface area contributed by atoms with Crippen molar-refractivity contribution in [3.05, 3.63) is 136 Å². The molecule has 252 valence electrons. The standard InChI is InChI=1S/C37H40ClF3N2O3.ClH/c1-42(21-23-45-2)35(44)25-28-12-9-18-32(24-28)46-22-11-20-43(26-31-17-10-19-34(36(31)38)37(39,40)41)27-33(29-13-5-3-6-14-29)30-15-7-4-8-16-30;/h3-10,12-19,24,33H,11,20-23,25-27H2,1-2H3;1H. The molecule has 0 fully saturated rings. The SMILES string of the molecule is COCCN(C)C(=O)Cc1cccc(OCCCN(Cc2cccc(C(F)(F)F)c2Cl)CC(c2ccccc2)c2ccccc2)c1.Cl. The molecule has 1 amide bonds. The van der Waals surface area contributed by atoms with Gasteiger partial charge in [0.15, 0.2) is 0 Å². The number of halogens is 5. The maximum absolute atomic E-state index is 13.7. The molecule has 0 atom stereocenters. The van der Waals surface area contributed by atoms with Crippen LogP contribution in [0.1, 0.15) is 40.2 Å². The van der Waals surface area contributed by atoms with Gasteiger partial charge in [0.05, 0.1) is 30.2 Å². The number of carbonyl (C=O) groups excluding carboxylic acids is 1. The van der Waals surface area contributed by atoms with Crippen LogP contribution < -0.4 is 4.74 Å². The minimum Gasteiger partial charge on any atom is -0.494 e. The molecule has 4 aromatic rings. The number of methoxy groups -OCH3 is 1. The van der Waals surface area contributed by atoms with Gasteiger partial charge in [0.25, 0.3) is 0 Å². The third-order valence-electron chi connectivity index (χ3n) is 7.82. The lowest BCUT2D eigenvalue weighted by Gasteiger charge is -2.29. The number of likely N-dealkylation sites (N-methyl/N-ethyl adjacent to an activating group) is 1. The monoisotopic (exact) mass is 688 g/mol. The van der Waals surface area contributed by atoms with Gasteiger partial charge in [0, 0.05) is 46.3 Å². The van der Waals surface area contributed by atoms with Gasteiger partial charge in [-0.25, -0.2) is 0 Å². The summed E-state index contributed by atoms with van der Waals surface area (Å²) in [6.07, 6.45) is -3.67. The second-order valence-corrected chi connectivity index (χ2v) is 11.6. The van der Waals surface area contributed by atoms with E-state index in [2.05, 4.69) is 29.2 Å². The molecule has 47 heavy (non-hydrogen) atoms. The van der Waals surface area contributed by atoms with Crippen LogP contribution in [-0.2, 0) is 28.7 Å². The largest absolute Gasteiger partial charge is 0.494 e. The average Bonchev–Trinajstić information content (AvgIpc) is 3.05. The Kier molecular flexibility index (Phi) is 15.1. The number of amides is 1. The van der Waals surface area contributed by atoms with Crippen molar-refractivity contribution in [1.82, 2.24) is 9.80 Å². The molecule has 0 N–H and O–H groups in total. The van der Waals surface area contributed by atoms with E-state index in [0.29, 0.717) is 50.6 Å². The molecular weight excluding hydrogens is 648 g/mol. The summed E-state index contributed by atoms with van der Waals surface area (Å²) in [5.74, 6) is 0.636. The van der Waals surface area contributed by atoms with E-state index in [-0.39, 0.29) is 42.2 Å². The van der Waals surface area contributed by atoms with Crippen molar-refractivity contribution < 1.29 is 27.4 Å². The highest BCUT2D eigenvalue weighted by molar-refractivity contribution is 6.32. The van der Waals surface area contributed by atoms with Crippen molar-refractivity contribution in [3.8, 4) is 5.75 Å². The molecule has 4 rings (SSSR count). The predicted molar refractivity (Wildman–Crippen MR) is 183 cm³/mol. The number of nitrogens with zero attached hydrogens (tertiary/aromatic N) is 2. The highest BCUT2D eigenvalue weighted by Gasteiger charge is 2.34. The number of rotatable bonds is 16. The Bertz CT molecular complexity index is 1490. The molecule has 0 aliphatic rings. The van der Waals surface area contributed by atoms with Crippen LogP contribution in [0.2, 0.25) is 5.02 Å². The number of hydrogen-bond acceptors (Lipinski definition) is 4. The fourth-order valence-electron chi connectivity index (χ4n) is 5.31. The minimum absolute atomic E-state index is 0. The predicted octanol–water partition coefficient (Wildman–Crippen LogP) is 8.53. The molecule has 5 nitrogen and oxygen atoms in total. The smallest absolute Gasteiger partial charge is 0.417 e. The molecule has 4 aromatic carbocycles. The van der Waals surface area contributed by atoms with E-state index in [4.69, 9.17) is 21.1 Å². The summed E-state index contributed by atoms with van der Waals surface area (Å²) in [5.41, 5.74) is 2.67. The lowest BCUT2D eigenvalue weighted by Crippen LogP contribution is -2.31.